The number of tetrazole rings is 1. The Kier molecular flexibility index (Phi) is 5.70. The van der Waals surface area contributed by atoms with Crippen LogP contribution < -0.4 is 5.32 Å². The Labute approximate surface area is 176 Å². The summed E-state index contributed by atoms with van der Waals surface area (Å²) >= 11 is 0. The number of carbonyl (C=O) groups excluding carboxylic acids is 2. The van der Waals surface area contributed by atoms with Crippen LogP contribution in [0, 0.1) is 24.5 Å². The smallest absolute Gasteiger partial charge is 0.253 e. The lowest BCUT2D eigenvalue weighted by Crippen LogP contribution is -2.43. The van der Waals surface area contributed by atoms with E-state index in [1.807, 2.05) is 0 Å². The number of nitrogens with one attached hydrogen (secondary N) is 1. The third-order valence-electron chi connectivity index (χ3n) is 5.24. The maximum Gasteiger partial charge on any atom is 0.253 e. The van der Waals surface area contributed by atoms with Crippen molar-refractivity contribution in [3.63, 3.8) is 0 Å². The van der Waals surface area contributed by atoms with Gasteiger partial charge >= 0.3 is 0 Å². The third kappa shape index (κ3) is 4.42. The Balaban J connectivity index is 1.46. The molecule has 1 aliphatic heterocycles. The molecule has 2 heterocycles. The highest BCUT2D eigenvalue weighted by atomic mass is 19.1. The second kappa shape index (κ2) is 8.58. The van der Waals surface area contributed by atoms with Crippen LogP contribution in [0.25, 0.3) is 5.69 Å². The van der Waals surface area contributed by atoms with Crippen LogP contribution in [0.2, 0.25) is 0 Å². The molecule has 2 amide bonds. The minimum atomic E-state index is -0.526. The van der Waals surface area contributed by atoms with Crippen LogP contribution in [-0.2, 0) is 4.79 Å². The van der Waals surface area contributed by atoms with Gasteiger partial charge in [-0.05, 0) is 72.7 Å². The highest BCUT2D eigenvalue weighted by Gasteiger charge is 2.29. The second-order valence-electron chi connectivity index (χ2n) is 7.39. The van der Waals surface area contributed by atoms with Crippen molar-refractivity contribution in [2.45, 2.75) is 19.8 Å². The van der Waals surface area contributed by atoms with Gasteiger partial charge in [0.15, 0.2) is 5.82 Å². The molecule has 0 aliphatic carbocycles. The van der Waals surface area contributed by atoms with Gasteiger partial charge in [0.1, 0.15) is 17.3 Å². The quantitative estimate of drug-likeness (QED) is 0.693. The topological polar surface area (TPSA) is 93.0 Å². The molecule has 1 atom stereocenters. The number of aryl methyl sites for hydroxylation is 1. The largest absolute Gasteiger partial charge is 0.338 e. The van der Waals surface area contributed by atoms with E-state index in [0.29, 0.717) is 36.5 Å². The Hall–Kier alpha value is -3.69. The number of carbonyl (C=O) groups is 2. The van der Waals surface area contributed by atoms with Crippen LogP contribution in [0.3, 0.4) is 0 Å². The van der Waals surface area contributed by atoms with E-state index in [2.05, 4.69) is 20.8 Å². The summed E-state index contributed by atoms with van der Waals surface area (Å²) in [5.74, 6) is -1.45. The standard InChI is InChI=1S/C21H20F2N6O2/c1-13-25-26-27-29(13)19-11-17(8-9-18(19)23)24-20(30)15-3-2-10-28(12-15)21(31)14-4-6-16(22)7-5-14/h4-9,11,15H,2-3,10,12H2,1H3,(H,24,30). The van der Waals surface area contributed by atoms with Gasteiger partial charge in [0.05, 0.1) is 5.92 Å². The van der Waals surface area contributed by atoms with Crippen molar-refractivity contribution in [2.75, 3.05) is 18.4 Å². The fourth-order valence-electron chi connectivity index (χ4n) is 3.60. The maximum atomic E-state index is 14.2. The molecule has 4 rings (SSSR count). The van der Waals surface area contributed by atoms with Crippen LogP contribution in [0.4, 0.5) is 14.5 Å². The van der Waals surface area contributed by atoms with E-state index >= 15 is 0 Å². The first-order chi connectivity index (χ1) is 14.9. The Morgan fingerprint density at radius 2 is 1.90 bits per heavy atom. The predicted octanol–water partition coefficient (Wildman–Crippen LogP) is 2.74. The average molecular weight is 426 g/mol. The van der Waals surface area contributed by atoms with Crippen molar-refractivity contribution in [1.29, 1.82) is 0 Å². The molecular weight excluding hydrogens is 406 g/mol. The highest BCUT2D eigenvalue weighted by Crippen LogP contribution is 2.23. The first-order valence-electron chi connectivity index (χ1n) is 9.83. The van der Waals surface area contributed by atoms with Crippen molar-refractivity contribution in [3.8, 4) is 5.69 Å². The van der Waals surface area contributed by atoms with Crippen molar-refractivity contribution in [1.82, 2.24) is 25.1 Å². The number of likely N-dealkylation sites (tertiary alicyclic amines) is 1. The van der Waals surface area contributed by atoms with Crippen LogP contribution in [0.5, 0.6) is 0 Å². The molecule has 1 aliphatic rings. The molecule has 3 aromatic rings. The molecule has 1 aromatic heterocycles. The van der Waals surface area contributed by atoms with Gasteiger partial charge in [-0.1, -0.05) is 0 Å². The number of halogens is 2. The molecule has 1 unspecified atom stereocenters. The molecule has 1 fully saturated rings. The summed E-state index contributed by atoms with van der Waals surface area (Å²) < 4.78 is 28.6. The number of anilines is 1. The van der Waals surface area contributed by atoms with Crippen LogP contribution in [0.15, 0.2) is 42.5 Å². The SMILES string of the molecule is Cc1nnnn1-c1cc(NC(=O)C2CCCN(C(=O)c3ccc(F)cc3)C2)ccc1F. The molecule has 160 valence electrons. The van der Waals surface area contributed by atoms with Crippen LogP contribution in [-0.4, -0.2) is 50.0 Å². The molecule has 0 spiro atoms. The monoisotopic (exact) mass is 426 g/mol. The van der Waals surface area contributed by atoms with Crippen molar-refractivity contribution < 1.29 is 18.4 Å². The summed E-state index contributed by atoms with van der Waals surface area (Å²) in [7, 11) is 0. The molecule has 0 saturated carbocycles. The zero-order valence-corrected chi connectivity index (χ0v) is 16.8. The normalized spacial score (nSPS) is 16.2. The lowest BCUT2D eigenvalue weighted by molar-refractivity contribution is -0.121. The number of benzene rings is 2. The summed E-state index contributed by atoms with van der Waals surface area (Å²) in [5, 5.41) is 13.8. The van der Waals surface area contributed by atoms with Gasteiger partial charge in [-0.15, -0.1) is 5.10 Å². The number of rotatable bonds is 4. The number of amides is 2. The van der Waals surface area contributed by atoms with Gasteiger partial charge < -0.3 is 10.2 Å². The van der Waals surface area contributed by atoms with E-state index in [-0.39, 0.29) is 24.0 Å². The Bertz CT molecular complexity index is 1120. The molecule has 0 radical (unpaired) electrons. The zero-order chi connectivity index (χ0) is 22.0. The molecule has 0 bridgehead atoms. The fraction of sp³-hybridized carbons (Fsp3) is 0.286. The van der Waals surface area contributed by atoms with E-state index in [0.717, 1.165) is 0 Å². The van der Waals surface area contributed by atoms with Gasteiger partial charge in [0, 0.05) is 24.3 Å². The van der Waals surface area contributed by atoms with Gasteiger partial charge in [0.2, 0.25) is 5.91 Å². The summed E-state index contributed by atoms with van der Waals surface area (Å²) in [6.07, 6.45) is 1.29. The molecule has 2 aromatic carbocycles. The van der Waals surface area contributed by atoms with E-state index in [1.165, 1.54) is 47.1 Å². The summed E-state index contributed by atoms with van der Waals surface area (Å²) in [6, 6.07) is 9.49. The van der Waals surface area contributed by atoms with Gasteiger partial charge in [-0.2, -0.15) is 4.68 Å². The van der Waals surface area contributed by atoms with E-state index in [9.17, 15) is 18.4 Å². The maximum absolute atomic E-state index is 14.2. The van der Waals surface area contributed by atoms with E-state index in [4.69, 9.17) is 0 Å². The van der Waals surface area contributed by atoms with Gasteiger partial charge in [-0.25, -0.2) is 8.78 Å². The van der Waals surface area contributed by atoms with Crippen LogP contribution in [0.1, 0.15) is 29.0 Å². The number of nitrogens with zero attached hydrogens (tertiary/aromatic N) is 5. The fourth-order valence-corrected chi connectivity index (χ4v) is 3.60. The average Bonchev–Trinajstić information content (AvgIpc) is 3.21. The molecule has 1 saturated heterocycles. The van der Waals surface area contributed by atoms with Crippen molar-refractivity contribution in [3.05, 3.63) is 65.5 Å². The van der Waals surface area contributed by atoms with Gasteiger partial charge in [0.25, 0.3) is 5.91 Å². The minimum absolute atomic E-state index is 0.122. The lowest BCUT2D eigenvalue weighted by atomic mass is 9.96. The van der Waals surface area contributed by atoms with E-state index in [1.54, 1.807) is 11.8 Å². The minimum Gasteiger partial charge on any atom is -0.338 e. The number of piperidine rings is 1. The predicted molar refractivity (Wildman–Crippen MR) is 108 cm³/mol. The molecular formula is C21H20F2N6O2. The molecule has 8 nitrogen and oxygen atoms in total. The number of aromatic nitrogens is 4. The Morgan fingerprint density at radius 3 is 2.61 bits per heavy atom. The summed E-state index contributed by atoms with van der Waals surface area (Å²) in [6.45, 7) is 2.42. The molecule has 10 heteroatoms. The summed E-state index contributed by atoms with van der Waals surface area (Å²) in [4.78, 5) is 27.1. The van der Waals surface area contributed by atoms with E-state index < -0.39 is 17.6 Å². The zero-order valence-electron chi connectivity index (χ0n) is 16.8. The third-order valence-corrected chi connectivity index (χ3v) is 5.24. The van der Waals surface area contributed by atoms with Crippen LogP contribution >= 0.6 is 0 Å². The number of hydrogen-bond acceptors (Lipinski definition) is 5. The first-order valence-corrected chi connectivity index (χ1v) is 9.83. The highest BCUT2D eigenvalue weighted by molar-refractivity contribution is 5.96. The Morgan fingerprint density at radius 1 is 1.13 bits per heavy atom. The molecule has 31 heavy (non-hydrogen) atoms. The lowest BCUT2D eigenvalue weighted by Gasteiger charge is -2.32. The van der Waals surface area contributed by atoms with Gasteiger partial charge in [-0.3, -0.25) is 9.59 Å². The van der Waals surface area contributed by atoms with Crippen molar-refractivity contribution >= 4 is 17.5 Å². The molecule has 1 N–H and O–H groups in total. The summed E-state index contributed by atoms with van der Waals surface area (Å²) in [5.41, 5.74) is 0.901. The first kappa shape index (κ1) is 20.6. The van der Waals surface area contributed by atoms with Crippen molar-refractivity contribution in [2.24, 2.45) is 5.92 Å². The number of hydrogen-bond donors (Lipinski definition) is 1. The second-order valence-corrected chi connectivity index (χ2v) is 7.39.